The SMILES string of the molecule is CC(C)CCC[C@@H](C)[C@H]1CCC2C3CC=C4C[C@@H](OC(=O)NCCCCCC(=O)N5C[C@H](O)C[C@H]5C)CC[C@]4(C)C3CC[C@@]21C.CC(C)CCC[C@@H](C)[C@H]1CCC2C3CC=C4C[C@@H](OC(=O)NCCCCCC(=O)N5C[C@H](OP(OCCC#N)N(C(C)C)C(C)C)C[C@H]5C)CC[C@]4(C)C3CC[C@@]21C.C[C@@H]1C[C@@H](O)CN1C(=O)CCCCCN. The van der Waals surface area contributed by atoms with Crippen LogP contribution in [-0.2, 0) is 32.9 Å². The number of rotatable bonds is 37. The van der Waals surface area contributed by atoms with E-state index in [4.69, 9.17) is 29.5 Å². The van der Waals surface area contributed by atoms with Crippen LogP contribution in [0.4, 0.5) is 9.59 Å². The van der Waals surface area contributed by atoms with E-state index in [0.717, 1.165) is 174 Å². The molecule has 20 heteroatoms. The number of hydrogen-bond donors (Lipinski definition) is 5. The Balaban J connectivity index is 0.000000233. The highest BCUT2D eigenvalue weighted by Crippen LogP contribution is 2.70. The molecule has 11 rings (SSSR count). The Labute approximate surface area is 718 Å². The quantitative estimate of drug-likeness (QED) is 0.0221. The number of aliphatic hydroxyl groups excluding tert-OH is 2. The van der Waals surface area contributed by atoms with Crippen LogP contribution in [0.5, 0.6) is 0 Å². The van der Waals surface area contributed by atoms with Crippen LogP contribution >= 0.6 is 8.53 Å². The number of fused-ring (bicyclic) bond motifs is 10. The van der Waals surface area contributed by atoms with Crippen LogP contribution in [-0.4, -0.2) is 166 Å². The second kappa shape index (κ2) is 45.8. The molecule has 3 heterocycles. The Morgan fingerprint density at radius 1 is 0.525 bits per heavy atom. The fraction of sp³-hybridized carbons (Fsp3) is 0.898. The van der Waals surface area contributed by atoms with Gasteiger partial charge < -0.3 is 59.8 Å². The van der Waals surface area contributed by atoms with E-state index in [-0.39, 0.29) is 101 Å². The highest BCUT2D eigenvalue weighted by Gasteiger charge is 2.61. The van der Waals surface area contributed by atoms with E-state index in [1.807, 2.05) is 23.6 Å². The molecule has 0 aromatic heterocycles. The van der Waals surface area contributed by atoms with Crippen molar-refractivity contribution in [3.63, 3.8) is 0 Å². The summed E-state index contributed by atoms with van der Waals surface area (Å²) in [4.78, 5) is 68.6. The number of nitrogens with one attached hydrogen (secondary N) is 2. The number of amides is 5. The Kier molecular flexibility index (Phi) is 38.0. The lowest BCUT2D eigenvalue weighted by molar-refractivity contribution is -0.132. The van der Waals surface area contributed by atoms with Crippen LogP contribution in [0.15, 0.2) is 23.3 Å². The van der Waals surface area contributed by atoms with Crippen LogP contribution in [0.3, 0.4) is 0 Å². The molecular formula is C98H171N8O11P. The van der Waals surface area contributed by atoms with Crippen molar-refractivity contribution < 1.29 is 52.7 Å². The van der Waals surface area contributed by atoms with E-state index in [2.05, 4.69) is 137 Å². The van der Waals surface area contributed by atoms with Gasteiger partial charge in [0.05, 0.1) is 37.4 Å². The number of likely N-dealkylation sites (tertiary alicyclic amines) is 3. The third kappa shape index (κ3) is 25.5. The monoisotopic (exact) mass is 1670 g/mol. The Morgan fingerprint density at radius 2 is 0.941 bits per heavy atom. The molecule has 19 nitrogen and oxygen atoms in total. The molecule has 5 amide bonds. The average molecular weight is 1670 g/mol. The topological polar surface area (TPSA) is 250 Å². The number of carbonyl (C=O) groups is 5. The number of hydrogen-bond acceptors (Lipinski definition) is 14. The van der Waals surface area contributed by atoms with Crippen molar-refractivity contribution >= 4 is 38.4 Å². The van der Waals surface area contributed by atoms with Crippen molar-refractivity contribution in [1.29, 1.82) is 5.26 Å². The van der Waals surface area contributed by atoms with E-state index in [9.17, 15) is 34.2 Å². The lowest BCUT2D eigenvalue weighted by Gasteiger charge is -2.58. The Hall–Kier alpha value is -3.89. The molecule has 8 aliphatic carbocycles. The maximum absolute atomic E-state index is 13.3. The van der Waals surface area contributed by atoms with Crippen LogP contribution in [0.1, 0.15) is 362 Å². The summed E-state index contributed by atoms with van der Waals surface area (Å²) in [5.41, 5.74) is 10.0. The van der Waals surface area contributed by atoms with Gasteiger partial charge in [0.25, 0.3) is 8.53 Å². The van der Waals surface area contributed by atoms with Gasteiger partial charge in [-0.3, -0.25) is 14.4 Å². The smallest absolute Gasteiger partial charge is 0.407 e. The zero-order valence-electron chi connectivity index (χ0n) is 77.5. The Morgan fingerprint density at radius 3 is 1.33 bits per heavy atom. The van der Waals surface area contributed by atoms with Crippen LogP contribution in [0.25, 0.3) is 0 Å². The lowest BCUT2D eigenvalue weighted by atomic mass is 9.47. The number of nitrogens with two attached hydrogens (primary N) is 1. The highest BCUT2D eigenvalue weighted by molar-refractivity contribution is 7.44. The molecule has 7 unspecified atom stereocenters. The van der Waals surface area contributed by atoms with Gasteiger partial charge in [0.15, 0.2) is 0 Å². The predicted molar refractivity (Wildman–Crippen MR) is 477 cm³/mol. The fourth-order valence-corrected chi connectivity index (χ4v) is 27.7. The number of nitriles is 1. The number of alkyl carbamates (subject to hydrolysis) is 2. The molecule has 0 bridgehead atoms. The third-order valence-corrected chi connectivity index (χ3v) is 34.5. The van der Waals surface area contributed by atoms with Gasteiger partial charge in [-0.2, -0.15) is 5.26 Å². The molecule has 23 atom stereocenters. The first-order valence-electron chi connectivity index (χ1n) is 48.6. The summed E-state index contributed by atoms with van der Waals surface area (Å²) < 4.78 is 26.9. The molecule has 6 N–H and O–H groups in total. The molecule has 11 aliphatic rings. The molecule has 118 heavy (non-hydrogen) atoms. The molecule has 6 saturated carbocycles. The summed E-state index contributed by atoms with van der Waals surface area (Å²) in [7, 11) is -1.33. The second-order valence-electron chi connectivity index (χ2n) is 42.2. The second-order valence-corrected chi connectivity index (χ2v) is 43.6. The zero-order chi connectivity index (χ0) is 85.8. The largest absolute Gasteiger partial charge is 0.446 e. The standard InChI is InChI=1S/C48H83N4O5P.C39H66N2O4.C11H22N2O2/c1-33(2)16-14-17-36(7)42-21-22-43-41-20-19-38-31-39(23-25-47(38,9)44(41)24-26-48(42,43)10)56-46(54)50-28-13-11-12-18-45(53)51-32-40(30-37(51)8)57-58(55-29-15-27-49)52(34(3)4)35(5)6;1-26(2)11-10-12-27(3)33-16-17-34-32-15-14-29-24-31(18-20-38(29,5)35(32)19-21-39(33,34)6)45-37(44)40-22-9-7-8-13-36(43)41-25-30(42)23-28(41)4;1-9-7-10(14)8-13(9)11(15)5-3-2-4-6-12/h19,33-37,39-44H,11-18,20-26,28-32H2,1-10H3,(H,50,54);14,26-28,30-35,42H,7-13,15-25H2,1-6H3,(H,40,44);9-10,14H,2-8,12H2,1H3/t36-,37-,39+,40-,41?,42-,43?,44?,47+,48-,58?;27-,28-,30-,31+,32?,33-,34?,35?,38+,39-;9-,10-/m111/s1. The highest BCUT2D eigenvalue weighted by atomic mass is 31.2. The van der Waals surface area contributed by atoms with E-state index < -0.39 is 8.53 Å². The van der Waals surface area contributed by atoms with Gasteiger partial charge in [0.2, 0.25) is 17.7 Å². The van der Waals surface area contributed by atoms with E-state index >= 15 is 0 Å². The summed E-state index contributed by atoms with van der Waals surface area (Å²) >= 11 is 0. The maximum atomic E-state index is 13.3. The molecule has 0 radical (unpaired) electrons. The number of aliphatic hydroxyl groups is 2. The summed E-state index contributed by atoms with van der Waals surface area (Å²) in [6, 6.07) is 3.06. The van der Waals surface area contributed by atoms with E-state index in [1.54, 1.807) is 16.0 Å². The fourth-order valence-electron chi connectivity index (χ4n) is 26.0. The van der Waals surface area contributed by atoms with Gasteiger partial charge in [-0.1, -0.05) is 150 Å². The van der Waals surface area contributed by atoms with Gasteiger partial charge in [-0.15, -0.1) is 0 Å². The van der Waals surface area contributed by atoms with Crippen molar-refractivity contribution in [2.24, 2.45) is 98.4 Å². The molecule has 3 aliphatic heterocycles. The minimum atomic E-state index is -1.33. The molecule has 0 aromatic carbocycles. The number of unbranched alkanes of at least 4 members (excludes halogenated alkanes) is 6. The first-order chi connectivity index (χ1) is 56.1. The Bertz CT molecular complexity index is 3250. The predicted octanol–water partition coefficient (Wildman–Crippen LogP) is 21.1. The van der Waals surface area contributed by atoms with Gasteiger partial charge in [-0.05, 0) is 295 Å². The van der Waals surface area contributed by atoms with Crippen molar-refractivity contribution in [2.75, 3.05) is 45.9 Å². The molecule has 9 fully saturated rings. The van der Waals surface area contributed by atoms with E-state index in [1.165, 1.54) is 103 Å². The molecular weight excluding hydrogens is 1500 g/mol. The summed E-state index contributed by atoms with van der Waals surface area (Å²) in [5.74, 6) is 10.5. The first-order valence-corrected chi connectivity index (χ1v) is 49.8. The van der Waals surface area contributed by atoms with Crippen molar-refractivity contribution in [3.05, 3.63) is 23.3 Å². The van der Waals surface area contributed by atoms with Gasteiger partial charge in [0.1, 0.15) is 12.2 Å². The molecule has 674 valence electrons. The number of ether oxygens (including phenoxy) is 2. The minimum absolute atomic E-state index is 0.0206. The maximum Gasteiger partial charge on any atom is 0.407 e. The summed E-state index contributed by atoms with van der Waals surface area (Å²) in [5, 5.41) is 34.2. The van der Waals surface area contributed by atoms with Crippen LogP contribution < -0.4 is 16.4 Å². The van der Waals surface area contributed by atoms with E-state index in [0.29, 0.717) is 95.2 Å². The number of carbonyl (C=O) groups excluding carboxylic acids is 5. The van der Waals surface area contributed by atoms with Crippen LogP contribution in [0.2, 0.25) is 0 Å². The van der Waals surface area contributed by atoms with Crippen molar-refractivity contribution in [3.8, 4) is 6.07 Å². The van der Waals surface area contributed by atoms with Crippen molar-refractivity contribution in [1.82, 2.24) is 30.0 Å². The number of β-amino-alcohol motifs (C(OH)–C–C–N with tert-alkyl or cyclic N) is 2. The zero-order valence-corrected chi connectivity index (χ0v) is 78.4. The van der Waals surface area contributed by atoms with Gasteiger partial charge in [-0.25, -0.2) is 14.3 Å². The van der Waals surface area contributed by atoms with Gasteiger partial charge in [0, 0.05) is 95.0 Å². The average Bonchev–Trinajstić information content (AvgIpc) is 1.47. The molecule has 3 saturated heterocycles. The normalized spacial score (nSPS) is 34.2. The van der Waals surface area contributed by atoms with Crippen LogP contribution in [0, 0.1) is 104 Å². The van der Waals surface area contributed by atoms with Gasteiger partial charge >= 0.3 is 12.2 Å². The van der Waals surface area contributed by atoms with Crippen molar-refractivity contribution in [2.45, 2.75) is 422 Å². The number of allylic oxidation sites excluding steroid dienone is 2. The number of nitrogens with zero attached hydrogens (tertiary/aromatic N) is 5. The minimum Gasteiger partial charge on any atom is -0.446 e. The first kappa shape index (κ1) is 97.9. The summed E-state index contributed by atoms with van der Waals surface area (Å²) in [6.45, 7) is 43.4. The molecule has 0 spiro atoms. The third-order valence-electron chi connectivity index (χ3n) is 32.3. The lowest BCUT2D eigenvalue weighted by Crippen LogP contribution is -2.51. The summed E-state index contributed by atoms with van der Waals surface area (Å²) in [6.07, 6.45) is 43.7. The molecule has 0 aromatic rings.